The first-order valence-electron chi connectivity index (χ1n) is 5.06. The van der Waals surface area contributed by atoms with E-state index in [2.05, 4.69) is 5.10 Å². The van der Waals surface area contributed by atoms with Gasteiger partial charge in [0, 0.05) is 6.07 Å². The number of primary amides is 1. The second kappa shape index (κ2) is 5.87. The van der Waals surface area contributed by atoms with Crippen LogP contribution in [0.5, 0.6) is 0 Å². The van der Waals surface area contributed by atoms with Gasteiger partial charge in [-0.05, 0) is 12.1 Å². The van der Waals surface area contributed by atoms with Crippen LogP contribution in [0.15, 0.2) is 23.3 Å². The maximum atomic E-state index is 12.5. The number of hydrogen-bond donors (Lipinski definition) is 2. The summed E-state index contributed by atoms with van der Waals surface area (Å²) in [7, 11) is 0. The Morgan fingerprint density at radius 3 is 2.52 bits per heavy atom. The van der Waals surface area contributed by atoms with Crippen molar-refractivity contribution in [1.82, 2.24) is 0 Å². The molecule has 0 atom stereocenters. The number of hydrazone groups is 1. The number of alkyl halides is 3. The molecule has 0 unspecified atom stereocenters. The topological polar surface area (TPSA) is 134 Å². The predicted octanol–water partition coefficient (Wildman–Crippen LogP) is 1.39. The van der Waals surface area contributed by atoms with E-state index in [1.807, 2.05) is 5.43 Å². The maximum Gasteiger partial charge on any atom is 0.416 e. The van der Waals surface area contributed by atoms with Gasteiger partial charge in [0.05, 0.1) is 10.5 Å². The number of nitro benzene ring substituents is 1. The van der Waals surface area contributed by atoms with Gasteiger partial charge in [-0.3, -0.25) is 20.3 Å². The Morgan fingerprint density at radius 2 is 2.10 bits per heavy atom. The number of halogens is 3. The number of rotatable bonds is 4. The molecule has 110 valence electrons. The molecule has 21 heavy (non-hydrogen) atoms. The third-order valence-corrected chi connectivity index (χ3v) is 2.15. The fraction of sp³-hybridized carbons (Fsp3) is 0.100. The van der Waals surface area contributed by atoms with E-state index in [9.17, 15) is 28.1 Å². The molecule has 1 amide bonds. The number of carbonyl (C=O) groups is 1. The summed E-state index contributed by atoms with van der Waals surface area (Å²) in [6, 6.07) is 2.95. The molecule has 0 aliphatic carbocycles. The van der Waals surface area contributed by atoms with Crippen LogP contribution < -0.4 is 11.2 Å². The zero-order valence-electron chi connectivity index (χ0n) is 10.0. The lowest BCUT2D eigenvalue weighted by Crippen LogP contribution is -2.22. The smallest absolute Gasteiger partial charge is 0.364 e. The molecule has 1 aromatic rings. The molecular formula is C10H6F3N5O3. The first kappa shape index (κ1) is 15.9. The van der Waals surface area contributed by atoms with Crippen LogP contribution in [-0.2, 0) is 11.0 Å². The van der Waals surface area contributed by atoms with Crippen molar-refractivity contribution in [2.75, 3.05) is 5.43 Å². The number of nitriles is 1. The molecule has 11 heteroatoms. The second-order valence-corrected chi connectivity index (χ2v) is 3.54. The van der Waals surface area contributed by atoms with Gasteiger partial charge >= 0.3 is 6.18 Å². The molecule has 1 aromatic carbocycles. The van der Waals surface area contributed by atoms with Gasteiger partial charge in [0.25, 0.3) is 11.6 Å². The number of nitrogens with two attached hydrogens (primary N) is 1. The largest absolute Gasteiger partial charge is 0.416 e. The fourth-order valence-electron chi connectivity index (χ4n) is 1.20. The maximum absolute atomic E-state index is 12.5. The molecule has 1 rings (SSSR count). The molecule has 3 N–H and O–H groups in total. The minimum absolute atomic E-state index is 0.300. The van der Waals surface area contributed by atoms with E-state index in [4.69, 9.17) is 11.0 Å². The summed E-state index contributed by atoms with van der Waals surface area (Å²) in [4.78, 5) is 20.4. The molecule has 0 radical (unpaired) electrons. The van der Waals surface area contributed by atoms with E-state index >= 15 is 0 Å². The molecule has 0 spiro atoms. The van der Waals surface area contributed by atoms with Crippen molar-refractivity contribution in [3.8, 4) is 6.07 Å². The van der Waals surface area contributed by atoms with Crippen molar-refractivity contribution in [2.24, 2.45) is 10.8 Å². The summed E-state index contributed by atoms with van der Waals surface area (Å²) in [5, 5.41) is 22.4. The van der Waals surface area contributed by atoms with Crippen molar-refractivity contribution in [3.05, 3.63) is 33.9 Å². The van der Waals surface area contributed by atoms with E-state index in [1.165, 1.54) is 6.07 Å². The van der Waals surface area contributed by atoms with Crippen molar-refractivity contribution in [3.63, 3.8) is 0 Å². The first-order chi connectivity index (χ1) is 9.66. The zero-order chi connectivity index (χ0) is 16.2. The average molecular weight is 301 g/mol. The zero-order valence-corrected chi connectivity index (χ0v) is 10.0. The minimum Gasteiger partial charge on any atom is -0.364 e. The Morgan fingerprint density at radius 1 is 1.48 bits per heavy atom. The minimum atomic E-state index is -4.75. The summed E-state index contributed by atoms with van der Waals surface area (Å²) in [6.07, 6.45) is -4.75. The molecule has 0 aliphatic rings. The quantitative estimate of drug-likeness (QED) is 0.492. The Hall–Kier alpha value is -3.16. The summed E-state index contributed by atoms with van der Waals surface area (Å²) < 4.78 is 37.4. The highest BCUT2D eigenvalue weighted by Gasteiger charge is 2.33. The number of hydrogen-bond acceptors (Lipinski definition) is 6. The van der Waals surface area contributed by atoms with Crippen molar-refractivity contribution in [2.45, 2.75) is 6.18 Å². The molecule has 0 bridgehead atoms. The van der Waals surface area contributed by atoms with Gasteiger partial charge in [0.15, 0.2) is 0 Å². The Balaban J connectivity index is 3.23. The number of anilines is 1. The molecule has 0 aliphatic heterocycles. The number of nitro groups is 1. The third kappa shape index (κ3) is 3.90. The first-order valence-corrected chi connectivity index (χ1v) is 5.06. The van der Waals surface area contributed by atoms with Crippen molar-refractivity contribution < 1.29 is 22.9 Å². The Bertz CT molecular complexity index is 663. The SMILES string of the molecule is N#C/C(=N\Nc1ccc(C(F)(F)F)cc1[N+](=O)[O-])C(N)=O. The number of benzene rings is 1. The standard InChI is InChI=1S/C10H6F3N5O3/c11-10(12,13)5-1-2-6(8(3-5)18(20)21)16-17-7(4-14)9(15)19/h1-3,16H,(H2,15,19)/b17-7+. The molecule has 8 nitrogen and oxygen atoms in total. The average Bonchev–Trinajstić information content (AvgIpc) is 2.37. The predicted molar refractivity (Wildman–Crippen MR) is 64.0 cm³/mol. The highest BCUT2D eigenvalue weighted by Crippen LogP contribution is 2.34. The third-order valence-electron chi connectivity index (χ3n) is 2.15. The molecule has 0 saturated carbocycles. The second-order valence-electron chi connectivity index (χ2n) is 3.54. The van der Waals surface area contributed by atoms with Crippen LogP contribution >= 0.6 is 0 Å². The van der Waals surface area contributed by atoms with Crippen LogP contribution in [0.3, 0.4) is 0 Å². The van der Waals surface area contributed by atoms with Crippen LogP contribution in [-0.4, -0.2) is 16.5 Å². The van der Waals surface area contributed by atoms with E-state index < -0.39 is 39.7 Å². The highest BCUT2D eigenvalue weighted by atomic mass is 19.4. The lowest BCUT2D eigenvalue weighted by Gasteiger charge is -2.08. The van der Waals surface area contributed by atoms with E-state index in [1.54, 1.807) is 0 Å². The van der Waals surface area contributed by atoms with Crippen molar-refractivity contribution in [1.29, 1.82) is 5.26 Å². The molecular weight excluding hydrogens is 295 g/mol. The lowest BCUT2D eigenvalue weighted by atomic mass is 10.1. The summed E-state index contributed by atoms with van der Waals surface area (Å²) >= 11 is 0. The van der Waals surface area contributed by atoms with Gasteiger partial charge in [-0.15, -0.1) is 0 Å². The van der Waals surface area contributed by atoms with Gasteiger partial charge in [0.1, 0.15) is 11.8 Å². The lowest BCUT2D eigenvalue weighted by molar-refractivity contribution is -0.384. The van der Waals surface area contributed by atoms with E-state index in [0.717, 1.165) is 6.07 Å². The number of amides is 1. The van der Waals surface area contributed by atoms with Crippen LogP contribution in [0.1, 0.15) is 5.56 Å². The number of nitrogens with one attached hydrogen (secondary N) is 1. The van der Waals surface area contributed by atoms with Crippen molar-refractivity contribution >= 4 is 23.0 Å². The van der Waals surface area contributed by atoms with Gasteiger partial charge in [-0.25, -0.2) is 0 Å². The Kier molecular flexibility index (Phi) is 4.44. The highest BCUT2D eigenvalue weighted by molar-refractivity contribution is 6.44. The summed E-state index contributed by atoms with van der Waals surface area (Å²) in [5.74, 6) is -1.19. The van der Waals surface area contributed by atoms with Gasteiger partial charge in [0.2, 0.25) is 5.71 Å². The van der Waals surface area contributed by atoms with Crippen LogP contribution in [0.25, 0.3) is 0 Å². The Labute approximate surface area is 114 Å². The van der Waals surface area contributed by atoms with Crippen LogP contribution in [0.4, 0.5) is 24.5 Å². The van der Waals surface area contributed by atoms with E-state index in [0.29, 0.717) is 12.1 Å². The van der Waals surface area contributed by atoms with Crippen LogP contribution in [0.2, 0.25) is 0 Å². The molecule has 0 aromatic heterocycles. The molecule has 0 heterocycles. The summed E-state index contributed by atoms with van der Waals surface area (Å²) in [5.41, 5.74) is 3.38. The van der Waals surface area contributed by atoms with Gasteiger partial charge in [-0.2, -0.15) is 23.5 Å². The van der Waals surface area contributed by atoms with Gasteiger partial charge in [-0.1, -0.05) is 0 Å². The normalized spacial score (nSPS) is 11.6. The van der Waals surface area contributed by atoms with Crippen LogP contribution in [0, 0.1) is 21.4 Å². The summed E-state index contributed by atoms with van der Waals surface area (Å²) in [6.45, 7) is 0. The fourth-order valence-corrected chi connectivity index (χ4v) is 1.20. The number of nitrogens with zero attached hydrogens (tertiary/aromatic N) is 3. The number of carbonyl (C=O) groups excluding carboxylic acids is 1. The molecule has 0 fully saturated rings. The van der Waals surface area contributed by atoms with Gasteiger partial charge < -0.3 is 5.73 Å². The molecule has 0 saturated heterocycles. The van der Waals surface area contributed by atoms with E-state index in [-0.39, 0.29) is 0 Å². The monoisotopic (exact) mass is 301 g/mol.